The molecule has 0 aliphatic carbocycles. The minimum Gasteiger partial charge on any atom is -0.372 e. The van der Waals surface area contributed by atoms with Crippen molar-refractivity contribution in [3.8, 4) is 0 Å². The van der Waals surface area contributed by atoms with Gasteiger partial charge in [-0.25, -0.2) is 4.98 Å². The molecule has 1 N–H and O–H groups in total. The molecule has 2 aromatic heterocycles. The van der Waals surface area contributed by atoms with Crippen LogP contribution in [0.15, 0.2) is 48.7 Å². The number of carbonyl (C=O) groups is 1. The van der Waals surface area contributed by atoms with E-state index >= 15 is 0 Å². The Kier molecular flexibility index (Phi) is 4.58. The van der Waals surface area contributed by atoms with Crippen LogP contribution >= 0.6 is 0 Å². The summed E-state index contributed by atoms with van der Waals surface area (Å²) in [4.78, 5) is 19.1. The maximum atomic E-state index is 13.0. The molecule has 0 fully saturated rings. The van der Waals surface area contributed by atoms with Crippen LogP contribution in [-0.4, -0.2) is 44.1 Å². The van der Waals surface area contributed by atoms with Crippen LogP contribution in [0, 0.1) is 0 Å². The second-order valence-corrected chi connectivity index (χ2v) is 6.75. The number of benzene rings is 1. The summed E-state index contributed by atoms with van der Waals surface area (Å²) in [6.45, 7) is 3.16. The summed E-state index contributed by atoms with van der Waals surface area (Å²) in [7, 11) is 1.77. The average molecular weight is 362 g/mol. The van der Waals surface area contributed by atoms with E-state index in [1.54, 1.807) is 25.4 Å². The van der Waals surface area contributed by atoms with Gasteiger partial charge in [-0.05, 0) is 24.6 Å². The Hall–Kier alpha value is -3.22. The van der Waals surface area contributed by atoms with Crippen LogP contribution in [0.25, 0.3) is 0 Å². The summed E-state index contributed by atoms with van der Waals surface area (Å²) in [5, 5.41) is 11.7. The van der Waals surface area contributed by atoms with Gasteiger partial charge in [0.05, 0.1) is 18.2 Å². The number of anilines is 1. The SMILES string of the molecule is CNc1ncccc1C(=O)N1Cc2nnc(Cc3ccccc3)n2[C@@H](C)C1. The predicted octanol–water partition coefficient (Wildman–Crippen LogP) is 2.52. The Balaban J connectivity index is 1.58. The van der Waals surface area contributed by atoms with Gasteiger partial charge in [0.25, 0.3) is 5.91 Å². The molecule has 7 heteroatoms. The molecule has 4 rings (SSSR count). The summed E-state index contributed by atoms with van der Waals surface area (Å²) in [5.74, 6) is 2.31. The summed E-state index contributed by atoms with van der Waals surface area (Å²) in [6, 6.07) is 13.9. The lowest BCUT2D eigenvalue weighted by atomic mass is 10.1. The molecule has 1 amide bonds. The first-order valence-electron chi connectivity index (χ1n) is 9.06. The van der Waals surface area contributed by atoms with E-state index in [2.05, 4.69) is 44.1 Å². The van der Waals surface area contributed by atoms with E-state index in [4.69, 9.17) is 0 Å². The summed E-state index contributed by atoms with van der Waals surface area (Å²) in [6.07, 6.45) is 2.41. The Morgan fingerprint density at radius 2 is 2.00 bits per heavy atom. The highest BCUT2D eigenvalue weighted by atomic mass is 16.2. The lowest BCUT2D eigenvalue weighted by Crippen LogP contribution is -2.41. The Bertz CT molecular complexity index is 952. The van der Waals surface area contributed by atoms with Crippen LogP contribution in [0.3, 0.4) is 0 Å². The van der Waals surface area contributed by atoms with Gasteiger partial charge in [0.15, 0.2) is 5.82 Å². The molecular weight excluding hydrogens is 340 g/mol. The Morgan fingerprint density at radius 3 is 2.78 bits per heavy atom. The van der Waals surface area contributed by atoms with Crippen molar-refractivity contribution in [1.29, 1.82) is 0 Å². The molecule has 0 spiro atoms. The van der Waals surface area contributed by atoms with E-state index in [1.165, 1.54) is 5.56 Å². The molecule has 1 aliphatic heterocycles. The van der Waals surface area contributed by atoms with E-state index in [0.717, 1.165) is 18.1 Å². The third kappa shape index (κ3) is 3.28. The fourth-order valence-electron chi connectivity index (χ4n) is 3.61. The minimum atomic E-state index is -0.0434. The van der Waals surface area contributed by atoms with Gasteiger partial charge < -0.3 is 14.8 Å². The van der Waals surface area contributed by atoms with E-state index in [-0.39, 0.29) is 11.9 Å². The lowest BCUT2D eigenvalue weighted by molar-refractivity contribution is 0.0680. The molecule has 0 unspecified atom stereocenters. The van der Waals surface area contributed by atoms with Crippen LogP contribution in [0.4, 0.5) is 5.82 Å². The number of hydrogen-bond acceptors (Lipinski definition) is 5. The number of carbonyl (C=O) groups excluding carboxylic acids is 1. The van der Waals surface area contributed by atoms with Gasteiger partial charge in [0, 0.05) is 26.2 Å². The summed E-state index contributed by atoms with van der Waals surface area (Å²) < 4.78 is 2.17. The van der Waals surface area contributed by atoms with Gasteiger partial charge in [-0.2, -0.15) is 0 Å². The van der Waals surface area contributed by atoms with Crippen LogP contribution in [-0.2, 0) is 13.0 Å². The number of amides is 1. The number of rotatable bonds is 4. The molecule has 0 radical (unpaired) electrons. The smallest absolute Gasteiger partial charge is 0.258 e. The number of nitrogens with zero attached hydrogens (tertiary/aromatic N) is 5. The van der Waals surface area contributed by atoms with Crippen molar-refractivity contribution in [3.05, 3.63) is 71.4 Å². The van der Waals surface area contributed by atoms with Gasteiger partial charge in [-0.15, -0.1) is 10.2 Å². The zero-order valence-electron chi connectivity index (χ0n) is 15.5. The van der Waals surface area contributed by atoms with Crippen molar-refractivity contribution < 1.29 is 4.79 Å². The molecule has 7 nitrogen and oxygen atoms in total. The lowest BCUT2D eigenvalue weighted by Gasteiger charge is -2.33. The number of fused-ring (bicyclic) bond motifs is 1. The van der Waals surface area contributed by atoms with Crippen molar-refractivity contribution >= 4 is 11.7 Å². The van der Waals surface area contributed by atoms with Crippen molar-refractivity contribution in [1.82, 2.24) is 24.6 Å². The van der Waals surface area contributed by atoms with Crippen molar-refractivity contribution in [2.24, 2.45) is 0 Å². The molecule has 1 aromatic carbocycles. The van der Waals surface area contributed by atoms with Crippen molar-refractivity contribution in [3.63, 3.8) is 0 Å². The number of pyridine rings is 1. The first kappa shape index (κ1) is 17.2. The Labute approximate surface area is 158 Å². The number of nitrogens with one attached hydrogen (secondary N) is 1. The van der Waals surface area contributed by atoms with E-state index < -0.39 is 0 Å². The van der Waals surface area contributed by atoms with Crippen molar-refractivity contribution in [2.45, 2.75) is 25.9 Å². The molecule has 0 bridgehead atoms. The van der Waals surface area contributed by atoms with Gasteiger partial charge in [0.1, 0.15) is 11.6 Å². The maximum absolute atomic E-state index is 13.0. The molecule has 27 heavy (non-hydrogen) atoms. The monoisotopic (exact) mass is 362 g/mol. The topological polar surface area (TPSA) is 75.9 Å². The molecule has 1 atom stereocenters. The quantitative estimate of drug-likeness (QED) is 0.772. The number of aromatic nitrogens is 4. The Morgan fingerprint density at radius 1 is 1.19 bits per heavy atom. The zero-order valence-corrected chi connectivity index (χ0v) is 15.5. The first-order chi connectivity index (χ1) is 13.2. The molecule has 1 aliphatic rings. The first-order valence-corrected chi connectivity index (χ1v) is 9.06. The minimum absolute atomic E-state index is 0.0434. The normalized spacial score (nSPS) is 16.1. The fraction of sp³-hybridized carbons (Fsp3) is 0.300. The van der Waals surface area contributed by atoms with E-state index in [0.29, 0.717) is 24.5 Å². The average Bonchev–Trinajstić information content (AvgIpc) is 3.11. The second kappa shape index (κ2) is 7.19. The van der Waals surface area contributed by atoms with Gasteiger partial charge >= 0.3 is 0 Å². The van der Waals surface area contributed by atoms with Crippen molar-refractivity contribution in [2.75, 3.05) is 18.9 Å². The maximum Gasteiger partial charge on any atom is 0.258 e. The highest BCUT2D eigenvalue weighted by molar-refractivity contribution is 5.98. The molecule has 3 aromatic rings. The molecule has 3 heterocycles. The van der Waals surface area contributed by atoms with Crippen LogP contribution < -0.4 is 5.32 Å². The molecule has 138 valence electrons. The highest BCUT2D eigenvalue weighted by Gasteiger charge is 2.30. The van der Waals surface area contributed by atoms with Crippen LogP contribution in [0.1, 0.15) is 40.5 Å². The predicted molar refractivity (Wildman–Crippen MR) is 103 cm³/mol. The van der Waals surface area contributed by atoms with Gasteiger partial charge in [-0.1, -0.05) is 30.3 Å². The molecular formula is C20H22N6O. The third-order valence-corrected chi connectivity index (χ3v) is 4.86. The van der Waals surface area contributed by atoms with Crippen LogP contribution in [0.5, 0.6) is 0 Å². The standard InChI is InChI=1S/C20H22N6O/c1-14-12-25(20(27)16-9-6-10-22-19(16)21-2)13-18-24-23-17(26(14)18)11-15-7-4-3-5-8-15/h3-10,14H,11-13H2,1-2H3,(H,21,22)/t14-/m0/s1. The van der Waals surface area contributed by atoms with E-state index in [1.807, 2.05) is 23.1 Å². The molecule has 0 saturated heterocycles. The summed E-state index contributed by atoms with van der Waals surface area (Å²) >= 11 is 0. The van der Waals surface area contributed by atoms with Crippen LogP contribution in [0.2, 0.25) is 0 Å². The van der Waals surface area contributed by atoms with Gasteiger partial charge in [0.2, 0.25) is 0 Å². The third-order valence-electron chi connectivity index (χ3n) is 4.86. The number of hydrogen-bond donors (Lipinski definition) is 1. The second-order valence-electron chi connectivity index (χ2n) is 6.75. The highest BCUT2D eigenvalue weighted by Crippen LogP contribution is 2.25. The van der Waals surface area contributed by atoms with Gasteiger partial charge in [-0.3, -0.25) is 4.79 Å². The summed E-state index contributed by atoms with van der Waals surface area (Å²) in [5.41, 5.74) is 1.78. The largest absolute Gasteiger partial charge is 0.372 e. The fourth-order valence-corrected chi connectivity index (χ4v) is 3.61. The molecule has 0 saturated carbocycles. The van der Waals surface area contributed by atoms with E-state index in [9.17, 15) is 4.79 Å². The zero-order chi connectivity index (χ0) is 18.8.